The number of hydrogen-bond donors (Lipinski definition) is 2. The number of rotatable bonds is 2. The Bertz CT molecular complexity index is 477. The summed E-state index contributed by atoms with van der Waals surface area (Å²) in [6.07, 6.45) is 0.169. The van der Waals surface area contributed by atoms with Gasteiger partial charge in [-0.15, -0.1) is 0 Å². The van der Waals surface area contributed by atoms with Crippen molar-refractivity contribution in [3.05, 3.63) is 23.6 Å². The lowest BCUT2D eigenvalue weighted by atomic mass is 10.2. The van der Waals surface area contributed by atoms with Crippen molar-refractivity contribution in [2.24, 2.45) is 5.73 Å². The fraction of sp³-hybridized carbons (Fsp3) is 0.300. The predicted molar refractivity (Wildman–Crippen MR) is 57.6 cm³/mol. The van der Waals surface area contributed by atoms with Crippen LogP contribution in [0.5, 0.6) is 0 Å². The minimum absolute atomic E-state index is 0.154. The van der Waals surface area contributed by atoms with Crippen LogP contribution in [-0.2, 0) is 11.3 Å². The fourth-order valence-corrected chi connectivity index (χ4v) is 1.57. The van der Waals surface area contributed by atoms with Crippen molar-refractivity contribution in [3.63, 3.8) is 0 Å². The van der Waals surface area contributed by atoms with Gasteiger partial charge in [-0.05, 0) is 17.7 Å². The monoisotopic (exact) mass is 238 g/mol. The Morgan fingerprint density at radius 2 is 2.24 bits per heavy atom. The molecule has 0 atom stereocenters. The smallest absolute Gasteiger partial charge is 0.326 e. The van der Waals surface area contributed by atoms with Crippen LogP contribution < -0.4 is 16.0 Å². The molecule has 0 bridgehead atoms. The van der Waals surface area contributed by atoms with Crippen LogP contribution in [0.4, 0.5) is 15.0 Å². The van der Waals surface area contributed by atoms with Gasteiger partial charge in [0.1, 0.15) is 5.82 Å². The van der Waals surface area contributed by atoms with Gasteiger partial charge in [-0.1, -0.05) is 0 Å². The summed E-state index contributed by atoms with van der Waals surface area (Å²) in [6.45, 7) is 0.339. The number of anilines is 1. The van der Waals surface area contributed by atoms with Crippen LogP contribution in [0.3, 0.4) is 0 Å². The lowest BCUT2D eigenvalue weighted by Crippen LogP contribution is -2.50. The van der Waals surface area contributed by atoms with Gasteiger partial charge in [0.2, 0.25) is 11.9 Å². The zero-order valence-electron chi connectivity index (χ0n) is 8.94. The van der Waals surface area contributed by atoms with E-state index in [1.807, 2.05) is 0 Å². The van der Waals surface area contributed by atoms with E-state index in [4.69, 9.17) is 5.73 Å². The van der Waals surface area contributed by atoms with Gasteiger partial charge in [0.05, 0.1) is 0 Å². The lowest BCUT2D eigenvalue weighted by Gasteiger charge is -2.25. The maximum Gasteiger partial charge on any atom is 0.329 e. The molecule has 0 aromatic carbocycles. The van der Waals surface area contributed by atoms with Gasteiger partial charge in [-0.2, -0.15) is 4.39 Å². The van der Waals surface area contributed by atoms with Crippen LogP contribution in [0.1, 0.15) is 12.0 Å². The molecule has 0 unspecified atom stereocenters. The number of hydrogen-bond acceptors (Lipinski definition) is 4. The molecule has 7 heteroatoms. The minimum Gasteiger partial charge on any atom is -0.326 e. The van der Waals surface area contributed by atoms with Crippen molar-refractivity contribution in [1.82, 2.24) is 10.3 Å². The second kappa shape index (κ2) is 4.46. The number of carbonyl (C=O) groups is 2. The maximum absolute atomic E-state index is 13.2. The van der Waals surface area contributed by atoms with Gasteiger partial charge >= 0.3 is 6.03 Å². The van der Waals surface area contributed by atoms with Gasteiger partial charge in [0, 0.05) is 19.5 Å². The molecule has 1 fully saturated rings. The number of imide groups is 1. The molecule has 1 aromatic heterocycles. The van der Waals surface area contributed by atoms with E-state index in [0.29, 0.717) is 5.56 Å². The van der Waals surface area contributed by atoms with Crippen LogP contribution >= 0.6 is 0 Å². The van der Waals surface area contributed by atoms with Gasteiger partial charge in [0.15, 0.2) is 0 Å². The Kier molecular flexibility index (Phi) is 3.01. The quantitative estimate of drug-likeness (QED) is 0.716. The van der Waals surface area contributed by atoms with E-state index in [1.165, 1.54) is 17.0 Å². The molecule has 1 saturated heterocycles. The molecule has 1 aliphatic heterocycles. The zero-order chi connectivity index (χ0) is 12.4. The highest BCUT2D eigenvalue weighted by atomic mass is 19.1. The first-order valence-corrected chi connectivity index (χ1v) is 5.08. The Labute approximate surface area is 96.6 Å². The SMILES string of the molecule is NCc1cc(F)nc(N2CCC(=O)NC2=O)c1. The molecule has 17 heavy (non-hydrogen) atoms. The van der Waals surface area contributed by atoms with E-state index in [-0.39, 0.29) is 31.2 Å². The van der Waals surface area contributed by atoms with Gasteiger partial charge in [-0.3, -0.25) is 15.0 Å². The predicted octanol–water partition coefficient (Wildman–Crippen LogP) is 0.126. The average molecular weight is 238 g/mol. The molecule has 3 N–H and O–H groups in total. The van der Waals surface area contributed by atoms with Crippen molar-refractivity contribution >= 4 is 17.8 Å². The third-order valence-electron chi connectivity index (χ3n) is 2.41. The van der Waals surface area contributed by atoms with Crippen molar-refractivity contribution in [3.8, 4) is 0 Å². The molecule has 3 amide bonds. The summed E-state index contributed by atoms with van der Waals surface area (Å²) in [4.78, 5) is 27.3. The zero-order valence-corrected chi connectivity index (χ0v) is 8.94. The Hall–Kier alpha value is -2.02. The molecule has 90 valence electrons. The Balaban J connectivity index is 2.30. The Morgan fingerprint density at radius 3 is 2.88 bits per heavy atom. The van der Waals surface area contributed by atoms with Crippen LogP contribution in [0.15, 0.2) is 12.1 Å². The molecule has 2 rings (SSSR count). The third kappa shape index (κ3) is 2.39. The first-order valence-electron chi connectivity index (χ1n) is 5.08. The molecule has 2 heterocycles. The molecule has 0 spiro atoms. The normalized spacial score (nSPS) is 16.0. The number of halogens is 1. The van der Waals surface area contributed by atoms with Crippen LogP contribution in [0, 0.1) is 5.95 Å². The summed E-state index contributed by atoms with van der Waals surface area (Å²) < 4.78 is 13.2. The van der Waals surface area contributed by atoms with E-state index in [1.54, 1.807) is 0 Å². The van der Waals surface area contributed by atoms with E-state index in [2.05, 4.69) is 10.3 Å². The van der Waals surface area contributed by atoms with Crippen molar-refractivity contribution in [2.45, 2.75) is 13.0 Å². The molecular formula is C10H11FN4O2. The summed E-state index contributed by atoms with van der Waals surface area (Å²) in [7, 11) is 0. The summed E-state index contributed by atoms with van der Waals surface area (Å²) in [6, 6.07) is 2.14. The Morgan fingerprint density at radius 1 is 1.47 bits per heavy atom. The number of nitrogens with zero attached hydrogens (tertiary/aromatic N) is 2. The number of carbonyl (C=O) groups excluding carboxylic acids is 2. The first-order chi connectivity index (χ1) is 8.10. The van der Waals surface area contributed by atoms with Gasteiger partial charge in [-0.25, -0.2) is 9.78 Å². The summed E-state index contributed by atoms with van der Waals surface area (Å²) in [5.74, 6) is -0.884. The molecule has 0 saturated carbocycles. The second-order valence-electron chi connectivity index (χ2n) is 3.62. The number of aromatic nitrogens is 1. The van der Waals surface area contributed by atoms with Crippen LogP contribution in [0.2, 0.25) is 0 Å². The van der Waals surface area contributed by atoms with E-state index in [9.17, 15) is 14.0 Å². The summed E-state index contributed by atoms with van der Waals surface area (Å²) in [5, 5.41) is 2.14. The van der Waals surface area contributed by atoms with E-state index in [0.717, 1.165) is 0 Å². The number of nitrogens with two attached hydrogens (primary N) is 1. The highest BCUT2D eigenvalue weighted by Gasteiger charge is 2.25. The number of nitrogens with one attached hydrogen (secondary N) is 1. The molecule has 1 aromatic rings. The standard InChI is InChI=1S/C10H11FN4O2/c11-7-3-6(5-12)4-8(13-7)15-2-1-9(16)14-10(15)17/h3-4H,1-2,5,12H2,(H,14,16,17). The summed E-state index contributed by atoms with van der Waals surface area (Å²) >= 11 is 0. The van der Waals surface area contributed by atoms with Gasteiger partial charge < -0.3 is 5.73 Å². The second-order valence-corrected chi connectivity index (χ2v) is 3.62. The number of urea groups is 1. The lowest BCUT2D eigenvalue weighted by molar-refractivity contribution is -0.120. The van der Waals surface area contributed by atoms with Crippen LogP contribution in [0.25, 0.3) is 0 Å². The molecule has 1 aliphatic rings. The van der Waals surface area contributed by atoms with Crippen LogP contribution in [-0.4, -0.2) is 23.5 Å². The van der Waals surface area contributed by atoms with E-state index < -0.39 is 12.0 Å². The topological polar surface area (TPSA) is 88.3 Å². The largest absolute Gasteiger partial charge is 0.329 e. The fourth-order valence-electron chi connectivity index (χ4n) is 1.57. The molecule has 6 nitrogen and oxygen atoms in total. The average Bonchev–Trinajstić information content (AvgIpc) is 2.28. The molecule has 0 aliphatic carbocycles. The number of amides is 3. The summed E-state index contributed by atoms with van der Waals surface area (Å²) in [5.41, 5.74) is 5.95. The minimum atomic E-state index is -0.701. The van der Waals surface area contributed by atoms with Crippen molar-refractivity contribution < 1.29 is 14.0 Å². The highest BCUT2D eigenvalue weighted by molar-refractivity contribution is 6.05. The first kappa shape index (κ1) is 11.5. The third-order valence-corrected chi connectivity index (χ3v) is 2.41. The highest BCUT2D eigenvalue weighted by Crippen LogP contribution is 2.16. The van der Waals surface area contributed by atoms with Gasteiger partial charge in [0.25, 0.3) is 0 Å². The maximum atomic E-state index is 13.2. The molecular weight excluding hydrogens is 227 g/mol. The number of pyridine rings is 1. The van der Waals surface area contributed by atoms with E-state index >= 15 is 0 Å². The molecule has 0 radical (unpaired) electrons. The van der Waals surface area contributed by atoms with Crippen molar-refractivity contribution in [1.29, 1.82) is 0 Å². The van der Waals surface area contributed by atoms with Crippen molar-refractivity contribution in [2.75, 3.05) is 11.4 Å².